The van der Waals surface area contributed by atoms with E-state index >= 15 is 0 Å². The fourth-order valence-corrected chi connectivity index (χ4v) is 5.30. The molecule has 2 aliphatic heterocycles. The lowest BCUT2D eigenvalue weighted by Gasteiger charge is -2.28. The van der Waals surface area contributed by atoms with E-state index in [2.05, 4.69) is 20.4 Å². The van der Waals surface area contributed by atoms with Crippen LogP contribution in [-0.4, -0.2) is 66.7 Å². The Morgan fingerprint density at radius 3 is 2.55 bits per heavy atom. The number of hydrogen-bond donors (Lipinski definition) is 1. The van der Waals surface area contributed by atoms with Crippen LogP contribution in [0, 0.1) is 23.5 Å². The van der Waals surface area contributed by atoms with Gasteiger partial charge >= 0.3 is 0 Å². The fraction of sp³-hybridized carbons (Fsp3) is 0.565. The first-order chi connectivity index (χ1) is 16.0. The lowest BCUT2D eigenvalue weighted by molar-refractivity contribution is -0.0964. The van der Waals surface area contributed by atoms with Crippen LogP contribution < -0.4 is 5.32 Å². The smallest absolute Gasteiger partial charge is 0.267 e. The summed E-state index contributed by atoms with van der Waals surface area (Å²) in [5, 5.41) is 11.0. The third-order valence-corrected chi connectivity index (χ3v) is 6.78. The maximum atomic E-state index is 14.1. The summed E-state index contributed by atoms with van der Waals surface area (Å²) in [5.41, 5.74) is -0.684. The maximum Gasteiger partial charge on any atom is 0.267 e. The number of nitrogens with zero attached hydrogens (tertiary/aromatic N) is 3. The normalized spacial score (nSPS) is 27.8. The average Bonchev–Trinajstić information content (AvgIpc) is 3.34. The van der Waals surface area contributed by atoms with Gasteiger partial charge in [-0.05, 0) is 48.9 Å². The van der Waals surface area contributed by atoms with Crippen molar-refractivity contribution in [3.8, 4) is 11.3 Å². The number of rotatable bonds is 6. The van der Waals surface area contributed by atoms with Crippen molar-refractivity contribution in [3.05, 3.63) is 41.5 Å². The van der Waals surface area contributed by atoms with Crippen molar-refractivity contribution in [2.75, 3.05) is 44.8 Å². The number of ether oxygens (including phenoxy) is 2. The van der Waals surface area contributed by atoms with Gasteiger partial charge in [-0.3, -0.25) is 0 Å². The molecule has 2 saturated heterocycles. The third-order valence-electron chi connectivity index (χ3n) is 6.78. The largest absolute Gasteiger partial charge is 0.376 e. The Hall–Kier alpha value is -2.30. The number of anilines is 1. The second-order valence-corrected chi connectivity index (χ2v) is 9.08. The summed E-state index contributed by atoms with van der Waals surface area (Å²) >= 11 is 0. The summed E-state index contributed by atoms with van der Waals surface area (Å²) < 4.78 is 66.4. The molecule has 0 radical (unpaired) electrons. The van der Waals surface area contributed by atoms with Crippen LogP contribution in [0.15, 0.2) is 24.3 Å². The molecule has 0 bridgehead atoms. The molecule has 3 aliphatic rings. The van der Waals surface area contributed by atoms with Gasteiger partial charge in [0.25, 0.3) is 6.43 Å². The van der Waals surface area contributed by atoms with E-state index in [0.717, 1.165) is 56.7 Å². The van der Waals surface area contributed by atoms with Crippen molar-refractivity contribution in [3.63, 3.8) is 0 Å². The molecule has 10 heteroatoms. The first-order valence-electron chi connectivity index (χ1n) is 11.3. The van der Waals surface area contributed by atoms with Gasteiger partial charge in [-0.25, -0.2) is 17.6 Å². The summed E-state index contributed by atoms with van der Waals surface area (Å²) in [7, 11) is 0. The van der Waals surface area contributed by atoms with Crippen LogP contribution in [0.3, 0.4) is 0 Å². The fourth-order valence-electron chi connectivity index (χ4n) is 5.30. The van der Waals surface area contributed by atoms with Crippen LogP contribution in [0.5, 0.6) is 0 Å². The molecule has 1 aliphatic carbocycles. The highest BCUT2D eigenvalue weighted by atomic mass is 19.3. The third kappa shape index (κ3) is 4.97. The number of nitrogens with one attached hydrogen (secondary N) is 1. The molecule has 178 valence electrons. The first kappa shape index (κ1) is 22.5. The predicted octanol–water partition coefficient (Wildman–Crippen LogP) is 3.90. The van der Waals surface area contributed by atoms with Gasteiger partial charge in [0.05, 0.1) is 37.2 Å². The van der Waals surface area contributed by atoms with Crippen molar-refractivity contribution < 1.29 is 27.0 Å². The van der Waals surface area contributed by atoms with Gasteiger partial charge in [-0.1, -0.05) is 0 Å². The Labute approximate surface area is 189 Å². The lowest BCUT2D eigenvalue weighted by atomic mass is 10.0. The summed E-state index contributed by atoms with van der Waals surface area (Å²) in [5.74, 6) is -0.459. The highest BCUT2D eigenvalue weighted by Crippen LogP contribution is 2.40. The molecule has 0 unspecified atom stereocenters. The van der Waals surface area contributed by atoms with Gasteiger partial charge in [0, 0.05) is 31.2 Å². The van der Waals surface area contributed by atoms with Crippen molar-refractivity contribution in [2.24, 2.45) is 11.8 Å². The Morgan fingerprint density at radius 1 is 1.06 bits per heavy atom. The molecule has 4 atom stereocenters. The second kappa shape index (κ2) is 9.52. The Morgan fingerprint density at radius 2 is 1.85 bits per heavy atom. The number of aromatic nitrogens is 2. The number of benzene rings is 1. The van der Waals surface area contributed by atoms with E-state index in [0.29, 0.717) is 31.7 Å². The highest BCUT2D eigenvalue weighted by Gasteiger charge is 2.41. The van der Waals surface area contributed by atoms with E-state index in [4.69, 9.17) is 9.47 Å². The van der Waals surface area contributed by atoms with E-state index < -0.39 is 18.1 Å². The van der Waals surface area contributed by atoms with E-state index in [1.54, 1.807) is 0 Å². The van der Waals surface area contributed by atoms with Gasteiger partial charge in [-0.15, -0.1) is 10.2 Å². The van der Waals surface area contributed by atoms with Gasteiger partial charge in [0.1, 0.15) is 11.6 Å². The van der Waals surface area contributed by atoms with Crippen LogP contribution in [0.2, 0.25) is 0 Å². The lowest BCUT2D eigenvalue weighted by Crippen LogP contribution is -2.39. The van der Waals surface area contributed by atoms with Crippen LogP contribution in [0.25, 0.3) is 11.3 Å². The van der Waals surface area contributed by atoms with Crippen LogP contribution in [-0.2, 0) is 9.47 Å². The van der Waals surface area contributed by atoms with Crippen LogP contribution >= 0.6 is 0 Å². The van der Waals surface area contributed by atoms with Gasteiger partial charge < -0.3 is 19.7 Å². The van der Waals surface area contributed by atoms with Gasteiger partial charge in [0.2, 0.25) is 0 Å². The molecule has 3 heterocycles. The molecule has 33 heavy (non-hydrogen) atoms. The monoisotopic (exact) mass is 466 g/mol. The van der Waals surface area contributed by atoms with Crippen molar-refractivity contribution >= 4 is 5.82 Å². The molecule has 6 nitrogen and oxygen atoms in total. The van der Waals surface area contributed by atoms with Crippen LogP contribution in [0.1, 0.15) is 24.8 Å². The number of likely N-dealkylation sites (tertiary alicyclic amines) is 1. The molecule has 0 amide bonds. The van der Waals surface area contributed by atoms with Gasteiger partial charge in [-0.2, -0.15) is 0 Å². The minimum Gasteiger partial charge on any atom is -0.376 e. The molecule has 2 aromatic rings. The Kier molecular flexibility index (Phi) is 6.49. The zero-order valence-electron chi connectivity index (χ0n) is 18.0. The molecule has 3 fully saturated rings. The summed E-state index contributed by atoms with van der Waals surface area (Å²) in [6, 6.07) is 3.93. The van der Waals surface area contributed by atoms with Crippen LogP contribution in [0.4, 0.5) is 23.4 Å². The summed E-state index contributed by atoms with van der Waals surface area (Å²) in [6.07, 6.45) is -1.01. The first-order valence-corrected chi connectivity index (χ1v) is 11.3. The van der Waals surface area contributed by atoms with Crippen molar-refractivity contribution in [1.29, 1.82) is 0 Å². The van der Waals surface area contributed by atoms with E-state index in [1.165, 1.54) is 0 Å². The molecule has 1 aromatic carbocycles. The Balaban J connectivity index is 1.23. The zero-order chi connectivity index (χ0) is 22.9. The minimum absolute atomic E-state index is 0.000134. The summed E-state index contributed by atoms with van der Waals surface area (Å²) in [4.78, 5) is 2.40. The summed E-state index contributed by atoms with van der Waals surface area (Å²) in [6.45, 7) is 4.67. The minimum atomic E-state index is -2.83. The van der Waals surface area contributed by atoms with E-state index in [9.17, 15) is 17.6 Å². The molecule has 1 aromatic heterocycles. The standard InChI is InChI=1S/C23H26F4N4O2/c24-15-1-2-20(25)18(7-15)21-8-19(22(26)27)23(30-29-21)28-16-5-13-9-31(10-14(13)6-16)11-17-12-32-3-4-33-17/h1-2,7-8,13-14,16-17,22H,3-6,9-12H2,(H,28,30)/t13-,14+,16-,17-/m0/s1. The predicted molar refractivity (Wildman–Crippen MR) is 113 cm³/mol. The molecule has 1 N–H and O–H groups in total. The van der Waals surface area contributed by atoms with E-state index in [-0.39, 0.29) is 34.8 Å². The average molecular weight is 466 g/mol. The topological polar surface area (TPSA) is 59.5 Å². The SMILES string of the molecule is Fc1ccc(F)c(-c2cc(C(F)F)c(N[C@@H]3C[C@@H]4CN(C[C@H]5COCCO5)C[C@@H]4C3)nn2)c1. The quantitative estimate of drug-likeness (QED) is 0.652. The number of alkyl halides is 2. The molecule has 5 rings (SSSR count). The van der Waals surface area contributed by atoms with Crippen molar-refractivity contribution in [1.82, 2.24) is 15.1 Å². The van der Waals surface area contributed by atoms with E-state index in [1.807, 2.05) is 0 Å². The number of fused-ring (bicyclic) bond motifs is 1. The molecular formula is C23H26F4N4O2. The molecular weight excluding hydrogens is 440 g/mol. The zero-order valence-corrected chi connectivity index (χ0v) is 18.0. The Bertz CT molecular complexity index is 975. The molecule has 1 saturated carbocycles. The van der Waals surface area contributed by atoms with Crippen molar-refractivity contribution in [2.45, 2.75) is 31.4 Å². The van der Waals surface area contributed by atoms with Gasteiger partial charge in [0.15, 0.2) is 5.82 Å². The second-order valence-electron chi connectivity index (χ2n) is 9.08. The molecule has 0 spiro atoms. The maximum absolute atomic E-state index is 14.1. The highest BCUT2D eigenvalue weighted by molar-refractivity contribution is 5.63. The number of halogens is 4. The number of hydrogen-bond acceptors (Lipinski definition) is 6.